The number of rotatable bonds is 1. The lowest BCUT2D eigenvalue weighted by molar-refractivity contribution is 0.0985. The van der Waals surface area contributed by atoms with Crippen LogP contribution in [0.2, 0.25) is 0 Å². The van der Waals surface area contributed by atoms with E-state index in [2.05, 4.69) is 0 Å². The number of nitrogens with zero attached hydrogens (tertiary/aromatic N) is 1. The third-order valence-electron chi connectivity index (χ3n) is 4.28. The first kappa shape index (κ1) is 14.0. The topological polar surface area (TPSA) is 46.5 Å². The summed E-state index contributed by atoms with van der Waals surface area (Å²) in [7, 11) is 0. The lowest BCUT2D eigenvalue weighted by atomic mass is 9.93. The Hall–Kier alpha value is -1.59. The van der Waals surface area contributed by atoms with E-state index in [4.69, 9.17) is 4.99 Å². The minimum Gasteiger partial charge on any atom is -0.288 e. The van der Waals surface area contributed by atoms with Crippen LogP contribution in [-0.4, -0.2) is 17.6 Å². The van der Waals surface area contributed by atoms with Crippen molar-refractivity contribution >= 4 is 34.2 Å². The summed E-state index contributed by atoms with van der Waals surface area (Å²) in [5, 5.41) is 0. The van der Waals surface area contributed by atoms with Gasteiger partial charge in [-0.3, -0.25) is 14.6 Å². The van der Waals surface area contributed by atoms with Crippen molar-refractivity contribution in [3.8, 4) is 0 Å². The monoisotopic (exact) mass is 329 g/mol. The maximum absolute atomic E-state index is 12.6. The van der Waals surface area contributed by atoms with Crippen LogP contribution in [0, 0.1) is 0 Å². The molecule has 0 bridgehead atoms. The van der Waals surface area contributed by atoms with Gasteiger partial charge < -0.3 is 0 Å². The molecule has 112 valence electrons. The molecule has 0 saturated heterocycles. The van der Waals surface area contributed by atoms with E-state index in [9.17, 15) is 9.59 Å². The normalized spacial score (nSPS) is 18.0. The molecular weight excluding hydrogens is 314 g/mol. The van der Waals surface area contributed by atoms with Crippen molar-refractivity contribution in [1.82, 2.24) is 0 Å². The zero-order valence-corrected chi connectivity index (χ0v) is 13.6. The van der Waals surface area contributed by atoms with Gasteiger partial charge in [0, 0.05) is 11.1 Å². The highest BCUT2D eigenvalue weighted by atomic mass is 32.2. The largest absolute Gasteiger partial charge is 0.288 e. The molecule has 4 rings (SSSR count). The van der Waals surface area contributed by atoms with Gasteiger partial charge in [-0.15, -0.1) is 22.7 Å². The van der Waals surface area contributed by atoms with Crippen LogP contribution in [0.3, 0.4) is 0 Å². The van der Waals surface area contributed by atoms with Crippen LogP contribution in [0.15, 0.2) is 29.3 Å². The van der Waals surface area contributed by atoms with Crippen LogP contribution in [0.4, 0.5) is 0 Å². The van der Waals surface area contributed by atoms with Gasteiger partial charge in [0.25, 0.3) is 0 Å². The van der Waals surface area contributed by atoms with Crippen molar-refractivity contribution in [2.75, 3.05) is 0 Å². The summed E-state index contributed by atoms with van der Waals surface area (Å²) in [6, 6.07) is 7.44. The molecule has 0 atom stereocenters. The summed E-state index contributed by atoms with van der Waals surface area (Å²) in [6.07, 6.45) is 6.00. The Bertz CT molecular complexity index is 770. The average molecular weight is 329 g/mol. The molecule has 2 aliphatic carbocycles. The Kier molecular flexibility index (Phi) is 3.54. The first-order valence-corrected chi connectivity index (χ1v) is 9.23. The quantitative estimate of drug-likeness (QED) is 0.681. The minimum absolute atomic E-state index is 0.0310. The van der Waals surface area contributed by atoms with Gasteiger partial charge in [0.1, 0.15) is 0 Å². The Balaban J connectivity index is 1.78. The number of hydrogen-bond donors (Lipinski definition) is 0. The fraction of sp³-hybridized carbons (Fsp3) is 0.353. The number of carbonyl (C=O) groups excluding carboxylic acids is 2. The van der Waals surface area contributed by atoms with Gasteiger partial charge in [-0.2, -0.15) is 0 Å². The lowest BCUT2D eigenvalue weighted by Gasteiger charge is -2.16. The second kappa shape index (κ2) is 5.56. The van der Waals surface area contributed by atoms with Gasteiger partial charge in [-0.05, 0) is 12.8 Å². The Labute approximate surface area is 136 Å². The molecular formula is C17H15NO2S2. The molecule has 0 N–H and O–H groups in total. The molecule has 0 aliphatic heterocycles. The van der Waals surface area contributed by atoms with Crippen LogP contribution in [0.1, 0.15) is 62.6 Å². The standard InChI is InChI=1S/C17H15NO2S2/c19-13-11-8-4-5-9-12(11)14(20)16-15(13)21-17(22-16)18-10-6-2-1-3-7-10/h4-5,8-10H,1-3,6-7H2. The zero-order valence-electron chi connectivity index (χ0n) is 12.0. The number of fused-ring (bicyclic) bond motifs is 2. The first-order chi connectivity index (χ1) is 10.7. The van der Waals surface area contributed by atoms with Crippen LogP contribution < -0.4 is 3.98 Å². The van der Waals surface area contributed by atoms with E-state index in [0.717, 1.165) is 16.8 Å². The van der Waals surface area contributed by atoms with Crippen LogP contribution in [0.5, 0.6) is 0 Å². The maximum atomic E-state index is 12.6. The second-order valence-electron chi connectivity index (χ2n) is 5.75. The smallest absolute Gasteiger partial charge is 0.205 e. The molecule has 1 heterocycles. The van der Waals surface area contributed by atoms with Crippen LogP contribution >= 0.6 is 22.7 Å². The van der Waals surface area contributed by atoms with Gasteiger partial charge >= 0.3 is 0 Å². The van der Waals surface area contributed by atoms with E-state index in [0.29, 0.717) is 26.9 Å². The van der Waals surface area contributed by atoms with Gasteiger partial charge in [-0.25, -0.2) is 0 Å². The van der Waals surface area contributed by atoms with E-state index in [1.165, 1.54) is 41.9 Å². The van der Waals surface area contributed by atoms with Crippen molar-refractivity contribution in [3.63, 3.8) is 0 Å². The van der Waals surface area contributed by atoms with Crippen molar-refractivity contribution in [1.29, 1.82) is 0 Å². The van der Waals surface area contributed by atoms with E-state index >= 15 is 0 Å². The van der Waals surface area contributed by atoms with E-state index in [1.54, 1.807) is 24.3 Å². The number of ketones is 2. The van der Waals surface area contributed by atoms with Crippen molar-refractivity contribution < 1.29 is 9.59 Å². The zero-order chi connectivity index (χ0) is 15.1. The molecule has 5 heteroatoms. The SMILES string of the molecule is O=C1c2ccccc2C(=O)c2sc(=NC3CCCCC3)sc21. The maximum Gasteiger partial charge on any atom is 0.205 e. The Morgan fingerprint density at radius 2 is 1.41 bits per heavy atom. The average Bonchev–Trinajstić information content (AvgIpc) is 2.98. The molecule has 1 fully saturated rings. The summed E-state index contributed by atoms with van der Waals surface area (Å²) < 4.78 is 0.867. The molecule has 1 saturated carbocycles. The fourth-order valence-electron chi connectivity index (χ4n) is 3.12. The predicted octanol–water partition coefficient (Wildman–Crippen LogP) is 3.82. The fourth-order valence-corrected chi connectivity index (χ4v) is 5.57. The molecule has 0 spiro atoms. The summed E-state index contributed by atoms with van der Waals surface area (Å²) >= 11 is 2.77. The Morgan fingerprint density at radius 3 is 1.95 bits per heavy atom. The molecule has 2 aliphatic rings. The molecule has 1 aromatic carbocycles. The van der Waals surface area contributed by atoms with Crippen molar-refractivity contribution in [3.05, 3.63) is 49.1 Å². The molecule has 0 unspecified atom stereocenters. The van der Waals surface area contributed by atoms with Crippen molar-refractivity contribution in [2.24, 2.45) is 4.99 Å². The minimum atomic E-state index is -0.0310. The van der Waals surface area contributed by atoms with E-state index in [1.807, 2.05) is 0 Å². The lowest BCUT2D eigenvalue weighted by Crippen LogP contribution is -2.17. The predicted molar refractivity (Wildman–Crippen MR) is 87.9 cm³/mol. The summed E-state index contributed by atoms with van der Waals surface area (Å²) in [6.45, 7) is 0. The molecule has 2 aromatic rings. The van der Waals surface area contributed by atoms with Gasteiger partial charge in [0.2, 0.25) is 11.6 Å². The highest BCUT2D eigenvalue weighted by Crippen LogP contribution is 2.31. The number of hydrogen-bond acceptors (Lipinski definition) is 5. The third kappa shape index (κ3) is 2.29. The van der Waals surface area contributed by atoms with E-state index < -0.39 is 0 Å². The van der Waals surface area contributed by atoms with Gasteiger partial charge in [0.15, 0.2) is 3.98 Å². The molecule has 1 aromatic heterocycles. The highest BCUT2D eigenvalue weighted by Gasteiger charge is 2.32. The van der Waals surface area contributed by atoms with E-state index in [-0.39, 0.29) is 11.6 Å². The summed E-state index contributed by atoms with van der Waals surface area (Å²) in [5.41, 5.74) is 1.05. The number of benzene rings is 1. The molecule has 22 heavy (non-hydrogen) atoms. The summed E-state index contributed by atoms with van der Waals surface area (Å²) in [5.74, 6) is -0.0620. The molecule has 0 radical (unpaired) electrons. The highest BCUT2D eigenvalue weighted by molar-refractivity contribution is 7.30. The second-order valence-corrected chi connectivity index (χ2v) is 8.01. The number of carbonyl (C=O) groups is 2. The Morgan fingerprint density at radius 1 is 0.864 bits per heavy atom. The van der Waals surface area contributed by atoms with Crippen molar-refractivity contribution in [2.45, 2.75) is 38.1 Å². The summed E-state index contributed by atoms with van der Waals surface area (Å²) in [4.78, 5) is 31.1. The van der Waals surface area contributed by atoms with Crippen LogP contribution in [0.25, 0.3) is 0 Å². The molecule has 0 amide bonds. The van der Waals surface area contributed by atoms with Gasteiger partial charge in [0.05, 0.1) is 15.8 Å². The van der Waals surface area contributed by atoms with Gasteiger partial charge in [-0.1, -0.05) is 43.5 Å². The first-order valence-electron chi connectivity index (χ1n) is 7.60. The van der Waals surface area contributed by atoms with Crippen LogP contribution in [-0.2, 0) is 0 Å². The third-order valence-corrected chi connectivity index (χ3v) is 6.65. The molecule has 3 nitrogen and oxygen atoms in total.